The van der Waals surface area contributed by atoms with Crippen molar-refractivity contribution >= 4 is 23.6 Å². The number of carbonyl (C=O) groups is 2. The zero-order valence-electron chi connectivity index (χ0n) is 18.0. The number of nitrogens with one attached hydrogen (secondary N) is 1. The molecule has 0 heterocycles. The van der Waals surface area contributed by atoms with Crippen molar-refractivity contribution in [2.24, 2.45) is 0 Å². The number of benzene rings is 2. The molecule has 0 aliphatic heterocycles. The summed E-state index contributed by atoms with van der Waals surface area (Å²) in [5, 5.41) is 3.15. The monoisotopic (exact) mass is 424 g/mol. The van der Waals surface area contributed by atoms with Gasteiger partial charge in [-0.3, -0.25) is 9.59 Å². The van der Waals surface area contributed by atoms with Crippen LogP contribution in [0, 0.1) is 6.92 Å². The van der Waals surface area contributed by atoms with Gasteiger partial charge in [-0.05, 0) is 44.4 Å². The minimum Gasteiger partial charge on any atom is -0.352 e. The Morgan fingerprint density at radius 3 is 2.40 bits per heavy atom. The molecule has 0 bridgehead atoms. The van der Waals surface area contributed by atoms with Crippen LogP contribution in [-0.2, 0) is 16.1 Å². The van der Waals surface area contributed by atoms with Crippen LogP contribution in [0.5, 0.6) is 0 Å². The average Bonchev–Trinajstić information content (AvgIpc) is 3.26. The van der Waals surface area contributed by atoms with Gasteiger partial charge >= 0.3 is 0 Å². The van der Waals surface area contributed by atoms with Crippen LogP contribution in [0.2, 0.25) is 0 Å². The summed E-state index contributed by atoms with van der Waals surface area (Å²) in [5.41, 5.74) is 2.27. The molecule has 5 heteroatoms. The van der Waals surface area contributed by atoms with Crippen LogP contribution < -0.4 is 5.32 Å². The van der Waals surface area contributed by atoms with Crippen molar-refractivity contribution in [1.29, 1.82) is 0 Å². The fourth-order valence-corrected chi connectivity index (χ4v) is 4.63. The van der Waals surface area contributed by atoms with Crippen molar-refractivity contribution in [1.82, 2.24) is 10.2 Å². The molecular formula is C25H32N2O2S. The lowest BCUT2D eigenvalue weighted by molar-refractivity contribution is -0.140. The fraction of sp³-hybridized carbons (Fsp3) is 0.440. The number of rotatable bonds is 9. The Bertz CT molecular complexity index is 817. The van der Waals surface area contributed by atoms with Crippen LogP contribution in [0.3, 0.4) is 0 Å². The molecule has 2 aromatic rings. The van der Waals surface area contributed by atoms with Crippen molar-refractivity contribution in [2.75, 3.05) is 5.75 Å². The second-order valence-corrected chi connectivity index (χ2v) is 9.25. The number of thioether (sulfide) groups is 1. The lowest BCUT2D eigenvalue weighted by atomic mass is 10.1. The summed E-state index contributed by atoms with van der Waals surface area (Å²) in [6, 6.07) is 18.0. The van der Waals surface area contributed by atoms with Crippen LogP contribution in [0.25, 0.3) is 0 Å². The molecule has 1 fully saturated rings. The molecule has 1 aliphatic rings. The van der Waals surface area contributed by atoms with E-state index < -0.39 is 6.04 Å². The van der Waals surface area contributed by atoms with Crippen molar-refractivity contribution in [3.63, 3.8) is 0 Å². The number of hydrogen-bond acceptors (Lipinski definition) is 3. The van der Waals surface area contributed by atoms with E-state index in [4.69, 9.17) is 0 Å². The van der Waals surface area contributed by atoms with E-state index in [0.717, 1.165) is 23.3 Å². The van der Waals surface area contributed by atoms with Gasteiger partial charge in [-0.15, -0.1) is 11.8 Å². The summed E-state index contributed by atoms with van der Waals surface area (Å²) in [4.78, 5) is 28.9. The summed E-state index contributed by atoms with van der Waals surface area (Å²) in [5.74, 6) is 0.675. The van der Waals surface area contributed by atoms with E-state index in [1.807, 2.05) is 37.3 Å². The molecule has 0 aromatic heterocycles. The van der Waals surface area contributed by atoms with Gasteiger partial charge in [0.2, 0.25) is 11.8 Å². The van der Waals surface area contributed by atoms with E-state index >= 15 is 0 Å². The molecule has 30 heavy (non-hydrogen) atoms. The first-order valence-electron chi connectivity index (χ1n) is 10.9. The van der Waals surface area contributed by atoms with E-state index in [1.54, 1.807) is 16.7 Å². The lowest BCUT2D eigenvalue weighted by Crippen LogP contribution is -2.49. The lowest BCUT2D eigenvalue weighted by Gasteiger charge is -2.29. The van der Waals surface area contributed by atoms with E-state index in [1.165, 1.54) is 18.4 Å². The predicted molar refractivity (Wildman–Crippen MR) is 123 cm³/mol. The molecule has 1 atom stereocenters. The molecule has 2 aromatic carbocycles. The number of nitrogens with zero attached hydrogens (tertiary/aromatic N) is 1. The Hall–Kier alpha value is -2.27. The van der Waals surface area contributed by atoms with Crippen molar-refractivity contribution in [3.05, 3.63) is 65.7 Å². The highest BCUT2D eigenvalue weighted by molar-refractivity contribution is 7.99. The molecular weight excluding hydrogens is 392 g/mol. The smallest absolute Gasteiger partial charge is 0.242 e. The molecule has 4 nitrogen and oxygen atoms in total. The van der Waals surface area contributed by atoms with Gasteiger partial charge in [0.1, 0.15) is 6.04 Å². The summed E-state index contributed by atoms with van der Waals surface area (Å²) in [7, 11) is 0. The molecule has 0 saturated heterocycles. The van der Waals surface area contributed by atoms with Gasteiger partial charge in [0.15, 0.2) is 0 Å². The summed E-state index contributed by atoms with van der Waals surface area (Å²) in [6.07, 6.45) is 4.83. The van der Waals surface area contributed by atoms with Gasteiger partial charge in [0.25, 0.3) is 0 Å². The van der Waals surface area contributed by atoms with Crippen LogP contribution in [0.15, 0.2) is 59.5 Å². The van der Waals surface area contributed by atoms with Crippen LogP contribution >= 0.6 is 11.8 Å². The fourth-order valence-electron chi connectivity index (χ4n) is 3.79. The minimum atomic E-state index is -0.484. The quantitative estimate of drug-likeness (QED) is 0.579. The topological polar surface area (TPSA) is 49.4 Å². The highest BCUT2D eigenvalue weighted by Crippen LogP contribution is 2.21. The largest absolute Gasteiger partial charge is 0.352 e. The molecule has 0 unspecified atom stereocenters. The molecule has 1 saturated carbocycles. The molecule has 0 spiro atoms. The van der Waals surface area contributed by atoms with Crippen molar-refractivity contribution in [2.45, 2.75) is 69.5 Å². The minimum absolute atomic E-state index is 0.0209. The second-order valence-electron chi connectivity index (χ2n) is 8.08. The maximum atomic E-state index is 13.1. The zero-order chi connectivity index (χ0) is 21.3. The number of hydrogen-bond donors (Lipinski definition) is 1. The highest BCUT2D eigenvalue weighted by Gasteiger charge is 2.28. The van der Waals surface area contributed by atoms with Crippen LogP contribution in [0.4, 0.5) is 0 Å². The van der Waals surface area contributed by atoms with Gasteiger partial charge in [-0.2, -0.15) is 0 Å². The van der Waals surface area contributed by atoms with Gasteiger partial charge in [-0.25, -0.2) is 0 Å². The standard InChI is InChI=1S/C25H32N2O2S/c1-19-12-14-23(15-13-19)30-17-16-24(28)27(18-21-8-4-3-5-9-21)20(2)25(29)26-22-10-6-7-11-22/h3-5,8-9,12-15,20,22H,6-7,10-11,16-18H2,1-2H3,(H,26,29)/t20-/m1/s1. The zero-order valence-corrected chi connectivity index (χ0v) is 18.8. The maximum Gasteiger partial charge on any atom is 0.242 e. The van der Waals surface area contributed by atoms with Crippen molar-refractivity contribution < 1.29 is 9.59 Å². The molecule has 0 radical (unpaired) electrons. The molecule has 2 amide bonds. The predicted octanol–water partition coefficient (Wildman–Crippen LogP) is 4.95. The molecule has 160 valence electrons. The Kier molecular flexibility index (Phi) is 8.38. The SMILES string of the molecule is Cc1ccc(SCCC(=O)N(Cc2ccccc2)[C@H](C)C(=O)NC2CCCC2)cc1. The maximum absolute atomic E-state index is 13.1. The van der Waals surface area contributed by atoms with Crippen LogP contribution in [-0.4, -0.2) is 34.6 Å². The molecule has 3 rings (SSSR count). The van der Waals surface area contributed by atoms with Crippen LogP contribution in [0.1, 0.15) is 50.2 Å². The normalized spacial score (nSPS) is 15.0. The Morgan fingerprint density at radius 1 is 1.07 bits per heavy atom. The first-order valence-corrected chi connectivity index (χ1v) is 11.8. The van der Waals surface area contributed by atoms with E-state index in [0.29, 0.717) is 18.7 Å². The number of carbonyl (C=O) groups excluding carboxylic acids is 2. The van der Waals surface area contributed by atoms with E-state index in [-0.39, 0.29) is 17.9 Å². The van der Waals surface area contributed by atoms with Gasteiger partial charge in [0, 0.05) is 29.7 Å². The Labute approximate surface area is 184 Å². The average molecular weight is 425 g/mol. The van der Waals surface area contributed by atoms with E-state index in [2.05, 4.69) is 36.5 Å². The summed E-state index contributed by atoms with van der Waals surface area (Å²) in [6.45, 7) is 4.36. The van der Waals surface area contributed by atoms with Gasteiger partial charge < -0.3 is 10.2 Å². The third-order valence-corrected chi connectivity index (χ3v) is 6.68. The third kappa shape index (κ3) is 6.63. The third-order valence-electron chi connectivity index (χ3n) is 5.67. The van der Waals surface area contributed by atoms with Crippen molar-refractivity contribution in [3.8, 4) is 0 Å². The second kappa shape index (κ2) is 11.2. The summed E-state index contributed by atoms with van der Waals surface area (Å²) < 4.78 is 0. The summed E-state index contributed by atoms with van der Waals surface area (Å²) >= 11 is 1.68. The van der Waals surface area contributed by atoms with Gasteiger partial charge in [0.05, 0.1) is 0 Å². The van der Waals surface area contributed by atoms with Gasteiger partial charge in [-0.1, -0.05) is 60.9 Å². The molecule has 1 aliphatic carbocycles. The Morgan fingerprint density at radius 2 is 1.73 bits per heavy atom. The Balaban J connectivity index is 1.62. The number of amides is 2. The first-order chi connectivity index (χ1) is 14.5. The number of aryl methyl sites for hydroxylation is 1. The highest BCUT2D eigenvalue weighted by atomic mass is 32.2. The first kappa shape index (κ1) is 22.4. The van der Waals surface area contributed by atoms with E-state index in [9.17, 15) is 9.59 Å². The molecule has 1 N–H and O–H groups in total.